The topological polar surface area (TPSA) is 59.4 Å². The quantitative estimate of drug-likeness (QED) is 0.546. The first-order valence-corrected chi connectivity index (χ1v) is 11.0. The molecule has 28 heavy (non-hydrogen) atoms. The largest absolute Gasteiger partial charge is 0.453 e. The molecule has 1 atom stereocenters. The Balaban J connectivity index is 1.55. The normalized spacial score (nSPS) is 15.9. The molecule has 3 heterocycles. The van der Waals surface area contributed by atoms with Gasteiger partial charge in [0.05, 0.1) is 11.7 Å². The minimum atomic E-state index is 0.319. The number of anilines is 1. The summed E-state index contributed by atoms with van der Waals surface area (Å²) >= 11 is 3.38. The molecular weight excluding hydrogens is 388 g/mol. The van der Waals surface area contributed by atoms with Crippen molar-refractivity contribution in [2.24, 2.45) is 4.99 Å². The first kappa shape index (κ1) is 18.8. The number of para-hydroxylation sites is 1. The lowest BCUT2D eigenvalue weighted by molar-refractivity contribution is 0.481. The number of aliphatic imine (C=N–C) groups is 1. The van der Waals surface area contributed by atoms with E-state index in [0.717, 1.165) is 33.0 Å². The van der Waals surface area contributed by atoms with E-state index in [4.69, 9.17) is 4.74 Å². The highest BCUT2D eigenvalue weighted by atomic mass is 32.2. The molecule has 0 fully saturated rings. The lowest BCUT2D eigenvalue weighted by Gasteiger charge is -2.13. The number of aromatic nitrogens is 2. The van der Waals surface area contributed by atoms with Gasteiger partial charge in [0.2, 0.25) is 0 Å². The minimum Gasteiger partial charge on any atom is -0.453 e. The first-order valence-electron chi connectivity index (χ1n) is 8.99. The van der Waals surface area contributed by atoms with Crippen molar-refractivity contribution < 1.29 is 4.74 Å². The lowest BCUT2D eigenvalue weighted by atomic mass is 10.3. The van der Waals surface area contributed by atoms with E-state index in [9.17, 15) is 0 Å². The van der Waals surface area contributed by atoms with Gasteiger partial charge in [0.1, 0.15) is 5.75 Å². The van der Waals surface area contributed by atoms with Crippen LogP contribution in [0.1, 0.15) is 12.6 Å². The molecule has 0 aliphatic carbocycles. The highest BCUT2D eigenvalue weighted by molar-refractivity contribution is 8.14. The van der Waals surface area contributed by atoms with Gasteiger partial charge in [-0.3, -0.25) is 9.98 Å². The summed E-state index contributed by atoms with van der Waals surface area (Å²) in [7, 11) is 0. The Morgan fingerprint density at radius 1 is 1.14 bits per heavy atom. The Hall–Kier alpha value is -2.51. The summed E-state index contributed by atoms with van der Waals surface area (Å²) < 4.78 is 6.12. The zero-order valence-corrected chi connectivity index (χ0v) is 17.0. The Kier molecular flexibility index (Phi) is 6.14. The summed E-state index contributed by atoms with van der Waals surface area (Å²) in [6, 6.07) is 18.0. The zero-order chi connectivity index (χ0) is 19.2. The molecule has 0 saturated carbocycles. The number of thioether (sulfide) groups is 2. The van der Waals surface area contributed by atoms with Gasteiger partial charge in [-0.05, 0) is 37.3 Å². The van der Waals surface area contributed by atoms with Crippen molar-refractivity contribution in [1.29, 1.82) is 0 Å². The SMILES string of the molecule is CC1CSC(Nc2ncc(SCc3ccccn3)cc2Oc2ccccc2)=N1. The Labute approximate surface area is 173 Å². The van der Waals surface area contributed by atoms with Crippen LogP contribution < -0.4 is 10.1 Å². The van der Waals surface area contributed by atoms with Crippen LogP contribution in [0.25, 0.3) is 0 Å². The van der Waals surface area contributed by atoms with Crippen LogP contribution in [0.3, 0.4) is 0 Å². The molecule has 0 bridgehead atoms. The number of hydrogen-bond donors (Lipinski definition) is 1. The Morgan fingerprint density at radius 3 is 2.75 bits per heavy atom. The van der Waals surface area contributed by atoms with Crippen LogP contribution >= 0.6 is 23.5 Å². The number of rotatable bonds is 6. The third-order valence-corrected chi connectivity index (χ3v) is 6.06. The van der Waals surface area contributed by atoms with Gasteiger partial charge in [-0.15, -0.1) is 11.8 Å². The second-order valence-electron chi connectivity index (χ2n) is 6.26. The second kappa shape index (κ2) is 9.12. The van der Waals surface area contributed by atoms with Gasteiger partial charge in [0, 0.05) is 28.8 Å². The number of nitrogens with one attached hydrogen (secondary N) is 1. The second-order valence-corrected chi connectivity index (χ2v) is 8.32. The van der Waals surface area contributed by atoms with Crippen LogP contribution in [0.2, 0.25) is 0 Å². The number of pyridine rings is 2. The first-order chi connectivity index (χ1) is 13.8. The fraction of sp³-hybridized carbons (Fsp3) is 0.190. The molecule has 3 aromatic rings. The Morgan fingerprint density at radius 2 is 2.00 bits per heavy atom. The molecule has 2 aromatic heterocycles. The van der Waals surface area contributed by atoms with Crippen molar-refractivity contribution >= 4 is 34.5 Å². The van der Waals surface area contributed by atoms with Crippen molar-refractivity contribution in [3.63, 3.8) is 0 Å². The van der Waals surface area contributed by atoms with Crippen molar-refractivity contribution in [1.82, 2.24) is 9.97 Å². The highest BCUT2D eigenvalue weighted by Gasteiger charge is 2.17. The van der Waals surface area contributed by atoms with E-state index in [1.807, 2.05) is 67.0 Å². The summed E-state index contributed by atoms with van der Waals surface area (Å²) in [4.78, 5) is 14.6. The van der Waals surface area contributed by atoms with Gasteiger partial charge in [-0.1, -0.05) is 36.0 Å². The van der Waals surface area contributed by atoms with Crippen LogP contribution in [0.4, 0.5) is 5.82 Å². The van der Waals surface area contributed by atoms with E-state index in [0.29, 0.717) is 17.6 Å². The number of hydrogen-bond acceptors (Lipinski definition) is 7. The molecule has 0 radical (unpaired) electrons. The summed E-state index contributed by atoms with van der Waals surface area (Å²) in [5.74, 6) is 3.88. The van der Waals surface area contributed by atoms with Crippen LogP contribution in [-0.4, -0.2) is 26.9 Å². The predicted molar refractivity (Wildman–Crippen MR) is 118 cm³/mol. The third-order valence-electron chi connectivity index (χ3n) is 3.94. The van der Waals surface area contributed by atoms with E-state index in [1.54, 1.807) is 23.5 Å². The molecule has 0 spiro atoms. The molecule has 4 rings (SSSR count). The molecule has 142 valence electrons. The number of amidine groups is 1. The molecule has 1 aliphatic rings. The maximum atomic E-state index is 6.12. The van der Waals surface area contributed by atoms with E-state index in [1.165, 1.54) is 0 Å². The maximum Gasteiger partial charge on any atom is 0.175 e. The molecule has 1 unspecified atom stereocenters. The van der Waals surface area contributed by atoms with Gasteiger partial charge in [0.15, 0.2) is 16.7 Å². The van der Waals surface area contributed by atoms with Gasteiger partial charge in [-0.25, -0.2) is 4.98 Å². The van der Waals surface area contributed by atoms with Gasteiger partial charge in [-0.2, -0.15) is 0 Å². The zero-order valence-electron chi connectivity index (χ0n) is 15.4. The average molecular weight is 409 g/mol. The molecular formula is C21H20N4OS2. The number of ether oxygens (including phenoxy) is 1. The van der Waals surface area contributed by atoms with Crippen molar-refractivity contribution in [2.45, 2.75) is 23.6 Å². The minimum absolute atomic E-state index is 0.319. The summed E-state index contributed by atoms with van der Waals surface area (Å²) in [5, 5.41) is 4.20. The van der Waals surface area contributed by atoms with Crippen molar-refractivity contribution in [3.05, 3.63) is 72.7 Å². The van der Waals surface area contributed by atoms with Crippen LogP contribution in [0.5, 0.6) is 11.5 Å². The fourth-order valence-electron chi connectivity index (χ4n) is 2.58. The summed E-state index contributed by atoms with van der Waals surface area (Å²) in [6.45, 7) is 2.11. The van der Waals surface area contributed by atoms with Crippen LogP contribution in [0, 0.1) is 0 Å². The monoisotopic (exact) mass is 408 g/mol. The lowest BCUT2D eigenvalue weighted by Crippen LogP contribution is -2.08. The van der Waals surface area contributed by atoms with E-state index in [2.05, 4.69) is 27.2 Å². The average Bonchev–Trinajstić information content (AvgIpc) is 3.14. The molecule has 7 heteroatoms. The van der Waals surface area contributed by atoms with Gasteiger partial charge < -0.3 is 10.1 Å². The fourth-order valence-corrected chi connectivity index (χ4v) is 4.28. The molecule has 0 amide bonds. The van der Waals surface area contributed by atoms with Crippen LogP contribution in [-0.2, 0) is 5.75 Å². The standard InChI is InChI=1S/C21H20N4OS2/c1-15-13-28-21(24-15)25-20-19(26-17-8-3-2-4-9-17)11-18(12-23-20)27-14-16-7-5-6-10-22-16/h2-12,15H,13-14H2,1H3,(H,23,24,25). The molecule has 1 aliphatic heterocycles. The van der Waals surface area contributed by atoms with Crippen molar-refractivity contribution in [2.75, 3.05) is 11.1 Å². The smallest absolute Gasteiger partial charge is 0.175 e. The van der Waals surface area contributed by atoms with Gasteiger partial charge in [0.25, 0.3) is 0 Å². The molecule has 1 N–H and O–H groups in total. The van der Waals surface area contributed by atoms with Crippen LogP contribution in [0.15, 0.2) is 76.9 Å². The molecule has 5 nitrogen and oxygen atoms in total. The third kappa shape index (κ3) is 5.05. The molecule has 1 aromatic carbocycles. The molecule has 0 saturated heterocycles. The highest BCUT2D eigenvalue weighted by Crippen LogP contribution is 2.34. The van der Waals surface area contributed by atoms with E-state index in [-0.39, 0.29) is 0 Å². The number of benzene rings is 1. The van der Waals surface area contributed by atoms with Crippen molar-refractivity contribution in [3.8, 4) is 11.5 Å². The van der Waals surface area contributed by atoms with E-state index < -0.39 is 0 Å². The number of nitrogens with zero attached hydrogens (tertiary/aromatic N) is 3. The Bertz CT molecular complexity index is 951. The van der Waals surface area contributed by atoms with E-state index >= 15 is 0 Å². The van der Waals surface area contributed by atoms with Gasteiger partial charge >= 0.3 is 0 Å². The predicted octanol–water partition coefficient (Wildman–Crippen LogP) is 5.46. The maximum absolute atomic E-state index is 6.12. The summed E-state index contributed by atoms with van der Waals surface area (Å²) in [5.41, 5.74) is 1.03. The summed E-state index contributed by atoms with van der Waals surface area (Å²) in [6.07, 6.45) is 3.67.